The van der Waals surface area contributed by atoms with Crippen molar-refractivity contribution in [2.24, 2.45) is 5.92 Å². The number of halogens is 4. The fraction of sp³-hybridized carbons (Fsp3) is 0.250. The van der Waals surface area contributed by atoms with Crippen LogP contribution in [-0.4, -0.2) is 15.6 Å². The van der Waals surface area contributed by atoms with E-state index in [1.807, 2.05) is 6.07 Å². The van der Waals surface area contributed by atoms with Crippen molar-refractivity contribution in [2.45, 2.75) is 33.9 Å². The minimum atomic E-state index is -0.368. The highest BCUT2D eigenvalue weighted by Gasteiger charge is 2.50. The number of nitrogens with one attached hydrogen (secondary N) is 1. The molecule has 2 aliphatic rings. The summed E-state index contributed by atoms with van der Waals surface area (Å²) in [7, 11) is 0. The molecule has 33 heavy (non-hydrogen) atoms. The Morgan fingerprint density at radius 3 is 2.52 bits per heavy atom. The molecular formula is C24H18Cl3FN2O2S. The van der Waals surface area contributed by atoms with Gasteiger partial charge in [0.2, 0.25) is 0 Å². The third-order valence-corrected chi connectivity index (χ3v) is 9.36. The van der Waals surface area contributed by atoms with E-state index in [9.17, 15) is 14.5 Å². The topological polar surface area (TPSA) is 55.2 Å². The lowest BCUT2D eigenvalue weighted by atomic mass is 9.77. The number of alkyl halides is 1. The van der Waals surface area contributed by atoms with Gasteiger partial charge in [0.15, 0.2) is 0 Å². The van der Waals surface area contributed by atoms with E-state index in [-0.39, 0.29) is 44.9 Å². The minimum Gasteiger partial charge on any atom is -0.376 e. The van der Waals surface area contributed by atoms with Crippen LogP contribution >= 0.6 is 46.6 Å². The Morgan fingerprint density at radius 2 is 1.79 bits per heavy atom. The molecule has 1 fully saturated rings. The Morgan fingerprint density at radius 1 is 1.06 bits per heavy atom. The zero-order valence-electron chi connectivity index (χ0n) is 17.1. The van der Waals surface area contributed by atoms with Crippen LogP contribution in [-0.2, 0) is 0 Å². The maximum Gasteiger partial charge on any atom is 0.282 e. The summed E-state index contributed by atoms with van der Waals surface area (Å²) in [6.07, 6.45) is 0.726. The number of hydrogen-bond acceptors (Lipinski definition) is 4. The van der Waals surface area contributed by atoms with Gasteiger partial charge in [0.1, 0.15) is 5.82 Å². The van der Waals surface area contributed by atoms with Gasteiger partial charge in [-0.3, -0.25) is 10.1 Å². The normalized spacial score (nSPS) is 25.8. The lowest BCUT2D eigenvalue weighted by Crippen LogP contribution is -2.31. The van der Waals surface area contributed by atoms with Crippen molar-refractivity contribution >= 4 is 57.9 Å². The van der Waals surface area contributed by atoms with Crippen molar-refractivity contribution in [1.29, 1.82) is 0 Å². The van der Waals surface area contributed by atoms with Crippen LogP contribution in [0, 0.1) is 21.8 Å². The number of hydrogen-bond donors (Lipinski definition) is 1. The van der Waals surface area contributed by atoms with Gasteiger partial charge in [-0.25, -0.2) is 4.39 Å². The van der Waals surface area contributed by atoms with Gasteiger partial charge in [0.25, 0.3) is 5.69 Å². The zero-order chi connectivity index (χ0) is 23.3. The largest absolute Gasteiger partial charge is 0.376 e. The number of fused-ring (bicyclic) bond motifs is 3. The molecule has 0 radical (unpaired) electrons. The van der Waals surface area contributed by atoms with E-state index in [1.54, 1.807) is 36.4 Å². The maximum absolute atomic E-state index is 13.6. The van der Waals surface area contributed by atoms with E-state index in [0.717, 1.165) is 23.2 Å². The van der Waals surface area contributed by atoms with Crippen LogP contribution in [0.5, 0.6) is 0 Å². The number of nitro benzene ring substituents is 1. The predicted molar refractivity (Wildman–Crippen MR) is 132 cm³/mol. The molecule has 0 bridgehead atoms. The average Bonchev–Trinajstić information content (AvgIpc) is 3.13. The Bertz CT molecular complexity index is 1230. The first-order chi connectivity index (χ1) is 15.8. The SMILES string of the molecule is O=[N+]([O-])c1ccccc1S[C@H]1C[C@@H]2[C@H](c3ccc(Cl)c(Cl)c3N[C@H]2c2ccc(F)cc2)[C@@H]1Cl. The molecule has 1 aliphatic heterocycles. The molecule has 0 spiro atoms. The van der Waals surface area contributed by atoms with E-state index >= 15 is 0 Å². The summed E-state index contributed by atoms with van der Waals surface area (Å²) in [4.78, 5) is 11.7. The number of para-hydroxylation sites is 1. The van der Waals surface area contributed by atoms with E-state index in [4.69, 9.17) is 34.8 Å². The number of nitro groups is 1. The summed E-state index contributed by atoms with van der Waals surface area (Å²) < 4.78 is 13.6. The summed E-state index contributed by atoms with van der Waals surface area (Å²) >= 11 is 21.4. The van der Waals surface area contributed by atoms with Crippen molar-refractivity contribution < 1.29 is 9.31 Å². The summed E-state index contributed by atoms with van der Waals surface area (Å²) in [6, 6.07) is 16.7. The molecule has 1 saturated carbocycles. The molecule has 0 saturated heterocycles. The molecular weight excluding hydrogens is 506 g/mol. The van der Waals surface area contributed by atoms with Gasteiger partial charge in [0, 0.05) is 17.2 Å². The molecule has 1 aliphatic carbocycles. The van der Waals surface area contributed by atoms with Crippen LogP contribution in [0.3, 0.4) is 0 Å². The fourth-order valence-corrected chi connectivity index (χ4v) is 7.32. The molecule has 5 rings (SSSR count). The first kappa shape index (κ1) is 22.8. The van der Waals surface area contributed by atoms with Gasteiger partial charge < -0.3 is 5.32 Å². The Balaban J connectivity index is 1.56. The van der Waals surface area contributed by atoms with E-state index < -0.39 is 0 Å². The lowest BCUT2D eigenvalue weighted by Gasteiger charge is -2.39. The predicted octanol–water partition coefficient (Wildman–Crippen LogP) is 8.08. The number of thioether (sulfide) groups is 1. The first-order valence-corrected chi connectivity index (χ1v) is 12.5. The van der Waals surface area contributed by atoms with Crippen molar-refractivity contribution in [3.05, 3.63) is 97.8 Å². The van der Waals surface area contributed by atoms with Gasteiger partial charge >= 0.3 is 0 Å². The van der Waals surface area contributed by atoms with Crippen molar-refractivity contribution in [1.82, 2.24) is 0 Å². The van der Waals surface area contributed by atoms with Crippen LogP contribution in [0.25, 0.3) is 0 Å². The Kier molecular flexibility index (Phi) is 6.21. The molecule has 1 N–H and O–H groups in total. The third-order valence-electron chi connectivity index (χ3n) is 6.45. The highest BCUT2D eigenvalue weighted by Crippen LogP contribution is 2.59. The number of rotatable bonds is 4. The van der Waals surface area contributed by atoms with Gasteiger partial charge in [0.05, 0.1) is 37.0 Å². The van der Waals surface area contributed by atoms with Gasteiger partial charge in [-0.2, -0.15) is 0 Å². The van der Waals surface area contributed by atoms with Crippen molar-refractivity contribution in [3.63, 3.8) is 0 Å². The van der Waals surface area contributed by atoms with Crippen LogP contribution in [0.2, 0.25) is 10.0 Å². The Hall–Kier alpha value is -1.99. The van der Waals surface area contributed by atoms with Crippen LogP contribution in [0.1, 0.15) is 29.5 Å². The van der Waals surface area contributed by atoms with Crippen molar-refractivity contribution in [2.75, 3.05) is 5.32 Å². The summed E-state index contributed by atoms with van der Waals surface area (Å²) in [5.74, 6) is -0.268. The van der Waals surface area contributed by atoms with Gasteiger partial charge in [-0.1, -0.05) is 53.5 Å². The molecule has 0 amide bonds. The molecule has 3 aromatic carbocycles. The fourth-order valence-electron chi connectivity index (χ4n) is 4.99. The van der Waals surface area contributed by atoms with Crippen molar-refractivity contribution in [3.8, 4) is 0 Å². The summed E-state index contributed by atoms with van der Waals surface area (Å²) in [6.45, 7) is 0. The third kappa shape index (κ3) is 4.08. The maximum atomic E-state index is 13.6. The van der Waals surface area contributed by atoms with Crippen LogP contribution < -0.4 is 5.32 Å². The van der Waals surface area contributed by atoms with Gasteiger partial charge in [-0.15, -0.1) is 23.4 Å². The molecule has 9 heteroatoms. The molecule has 170 valence electrons. The first-order valence-electron chi connectivity index (χ1n) is 10.4. The quantitative estimate of drug-likeness (QED) is 0.213. The van der Waals surface area contributed by atoms with E-state index in [0.29, 0.717) is 14.9 Å². The molecule has 4 nitrogen and oxygen atoms in total. The highest BCUT2D eigenvalue weighted by atomic mass is 35.5. The monoisotopic (exact) mass is 522 g/mol. The smallest absolute Gasteiger partial charge is 0.282 e. The van der Waals surface area contributed by atoms with Crippen LogP contribution in [0.15, 0.2) is 65.6 Å². The van der Waals surface area contributed by atoms with Crippen LogP contribution in [0.4, 0.5) is 15.8 Å². The number of anilines is 1. The number of nitrogens with zero attached hydrogens (tertiary/aromatic N) is 1. The average molecular weight is 524 g/mol. The second-order valence-corrected chi connectivity index (χ2v) is 10.8. The standard InChI is InChI=1S/C24H18Cl3FN2O2S/c25-16-10-9-14-20-15(23(29-24(14)21(16)26)12-5-7-13(28)8-6-12)11-19(22(20)27)33-18-4-2-1-3-17(18)30(31)32/h1-10,15,19-20,22-23,29H,11H2/t15-,19+,20+,22-,23+/m1/s1. The van der Waals surface area contributed by atoms with E-state index in [2.05, 4.69) is 5.32 Å². The molecule has 1 heterocycles. The molecule has 3 aromatic rings. The minimum absolute atomic E-state index is 0.0481. The molecule has 5 atom stereocenters. The second kappa shape index (κ2) is 8.99. The summed E-state index contributed by atoms with van der Waals surface area (Å²) in [5.41, 5.74) is 2.72. The zero-order valence-corrected chi connectivity index (χ0v) is 20.1. The highest BCUT2D eigenvalue weighted by molar-refractivity contribution is 8.00. The Labute approximate surface area is 209 Å². The summed E-state index contributed by atoms with van der Waals surface area (Å²) in [5, 5.41) is 15.6. The molecule has 0 unspecified atom stereocenters. The van der Waals surface area contributed by atoms with E-state index in [1.165, 1.54) is 30.0 Å². The second-order valence-electron chi connectivity index (χ2n) is 8.25. The van der Waals surface area contributed by atoms with Gasteiger partial charge in [-0.05, 0) is 47.7 Å². The molecule has 0 aromatic heterocycles. The number of benzene rings is 3. The lowest BCUT2D eigenvalue weighted by molar-refractivity contribution is -0.387.